The fourth-order valence-corrected chi connectivity index (χ4v) is 2.51. The zero-order valence-electron chi connectivity index (χ0n) is 12.3. The van der Waals surface area contributed by atoms with Crippen LogP contribution in [0.4, 0.5) is 17.3 Å². The summed E-state index contributed by atoms with van der Waals surface area (Å²) in [6.45, 7) is 4.93. The number of aromatic nitrogens is 2. The molecular weight excluding hydrogens is 284 g/mol. The minimum Gasteiger partial charge on any atom is -0.370 e. The Morgan fingerprint density at radius 3 is 2.67 bits per heavy atom. The minimum atomic E-state index is 0.511. The van der Waals surface area contributed by atoms with Gasteiger partial charge in [-0.2, -0.15) is 0 Å². The van der Waals surface area contributed by atoms with Crippen molar-refractivity contribution in [2.24, 2.45) is 0 Å². The molecule has 1 aromatic carbocycles. The van der Waals surface area contributed by atoms with Gasteiger partial charge in [0, 0.05) is 18.5 Å². The summed E-state index contributed by atoms with van der Waals surface area (Å²) < 4.78 is 0. The van der Waals surface area contributed by atoms with E-state index in [2.05, 4.69) is 27.5 Å². The minimum absolute atomic E-state index is 0.511. The Morgan fingerprint density at radius 2 is 2.00 bits per heavy atom. The monoisotopic (exact) mass is 302 g/mol. The van der Waals surface area contributed by atoms with E-state index in [1.165, 1.54) is 12.8 Å². The lowest BCUT2D eigenvalue weighted by molar-refractivity contribution is 0.927. The number of anilines is 3. The highest BCUT2D eigenvalue weighted by molar-refractivity contribution is 6.33. The van der Waals surface area contributed by atoms with Crippen molar-refractivity contribution in [3.63, 3.8) is 0 Å². The van der Waals surface area contributed by atoms with Gasteiger partial charge in [0.1, 0.15) is 17.5 Å². The molecule has 0 spiro atoms. The van der Waals surface area contributed by atoms with Crippen LogP contribution in [-0.2, 0) is 0 Å². The molecule has 3 rings (SSSR count). The highest BCUT2D eigenvalue weighted by atomic mass is 35.5. The van der Waals surface area contributed by atoms with Crippen LogP contribution in [-0.4, -0.2) is 16.5 Å². The average Bonchev–Trinajstić information content (AvgIpc) is 3.28. The van der Waals surface area contributed by atoms with Gasteiger partial charge >= 0.3 is 0 Å². The predicted molar refractivity (Wildman–Crippen MR) is 87.6 cm³/mol. The topological polar surface area (TPSA) is 49.8 Å². The molecule has 5 heteroatoms. The van der Waals surface area contributed by atoms with E-state index in [-0.39, 0.29) is 0 Å². The van der Waals surface area contributed by atoms with Crippen LogP contribution in [0.5, 0.6) is 0 Å². The highest BCUT2D eigenvalue weighted by Gasteiger charge is 2.27. The average molecular weight is 303 g/mol. The molecule has 1 saturated carbocycles. The number of para-hydroxylation sites is 1. The molecule has 21 heavy (non-hydrogen) atoms. The Hall–Kier alpha value is -1.81. The Balaban J connectivity index is 1.93. The van der Waals surface area contributed by atoms with Gasteiger partial charge in [-0.05, 0) is 38.3 Å². The van der Waals surface area contributed by atoms with Crippen molar-refractivity contribution in [3.05, 3.63) is 40.7 Å². The molecule has 1 fully saturated rings. The van der Waals surface area contributed by atoms with Crippen molar-refractivity contribution in [3.8, 4) is 0 Å². The van der Waals surface area contributed by atoms with Gasteiger partial charge in [-0.15, -0.1) is 0 Å². The summed E-state index contributed by atoms with van der Waals surface area (Å²) in [6.07, 6.45) is 2.36. The zero-order valence-corrected chi connectivity index (χ0v) is 13.0. The summed E-state index contributed by atoms with van der Waals surface area (Å²) >= 11 is 6.27. The summed E-state index contributed by atoms with van der Waals surface area (Å²) in [4.78, 5) is 9.21. The first kappa shape index (κ1) is 14.1. The van der Waals surface area contributed by atoms with Crippen molar-refractivity contribution < 1.29 is 0 Å². The van der Waals surface area contributed by atoms with Gasteiger partial charge in [-0.1, -0.05) is 23.7 Å². The molecule has 0 radical (unpaired) electrons. The van der Waals surface area contributed by atoms with Crippen molar-refractivity contribution in [1.82, 2.24) is 9.97 Å². The Bertz CT molecular complexity index is 632. The third-order valence-electron chi connectivity index (χ3n) is 3.52. The molecule has 1 aliphatic carbocycles. The molecule has 0 bridgehead atoms. The van der Waals surface area contributed by atoms with E-state index < -0.39 is 0 Å². The predicted octanol–water partition coefficient (Wildman–Crippen LogP) is 4.49. The summed E-state index contributed by atoms with van der Waals surface area (Å²) in [5, 5.41) is 7.30. The molecule has 2 aromatic rings. The second-order valence-electron chi connectivity index (χ2n) is 5.36. The summed E-state index contributed by atoms with van der Waals surface area (Å²) in [7, 11) is 0. The first-order chi connectivity index (χ1) is 10.2. The first-order valence-corrected chi connectivity index (χ1v) is 7.70. The molecule has 0 saturated heterocycles. The van der Waals surface area contributed by atoms with Gasteiger partial charge in [0.2, 0.25) is 0 Å². The molecular formula is C16H19ClN4. The largest absolute Gasteiger partial charge is 0.370 e. The lowest BCUT2D eigenvalue weighted by Gasteiger charge is -2.13. The molecule has 0 aliphatic heterocycles. The summed E-state index contributed by atoms with van der Waals surface area (Å²) in [6, 6.07) is 7.79. The summed E-state index contributed by atoms with van der Waals surface area (Å²) in [5.41, 5.74) is 2.00. The third-order valence-corrected chi connectivity index (χ3v) is 3.83. The molecule has 110 valence electrons. The van der Waals surface area contributed by atoms with Crippen LogP contribution >= 0.6 is 11.6 Å². The Kier molecular flexibility index (Phi) is 3.97. The molecule has 0 atom stereocenters. The number of hydrogen-bond acceptors (Lipinski definition) is 4. The van der Waals surface area contributed by atoms with Crippen molar-refractivity contribution in [2.75, 3.05) is 17.2 Å². The van der Waals surface area contributed by atoms with Crippen molar-refractivity contribution >= 4 is 28.9 Å². The molecule has 1 heterocycles. The van der Waals surface area contributed by atoms with Crippen LogP contribution in [0.25, 0.3) is 0 Å². The molecule has 1 aliphatic rings. The van der Waals surface area contributed by atoms with Crippen molar-refractivity contribution in [1.29, 1.82) is 0 Å². The quantitative estimate of drug-likeness (QED) is 0.854. The number of hydrogen-bond donors (Lipinski definition) is 2. The number of halogens is 1. The van der Waals surface area contributed by atoms with E-state index in [9.17, 15) is 0 Å². The van der Waals surface area contributed by atoms with Crippen LogP contribution in [0, 0.1) is 6.92 Å². The number of nitrogens with one attached hydrogen (secondary N) is 2. The third kappa shape index (κ3) is 3.27. The SMILES string of the molecule is CCNc1cc(Nc2c(C)cccc2Cl)nc(C2CC2)n1. The lowest BCUT2D eigenvalue weighted by atomic mass is 10.2. The summed E-state index contributed by atoms with van der Waals surface area (Å²) in [5.74, 6) is 3.08. The highest BCUT2D eigenvalue weighted by Crippen LogP contribution is 2.39. The normalized spacial score (nSPS) is 14.0. The molecule has 0 unspecified atom stereocenters. The van der Waals surface area contributed by atoms with Gasteiger partial charge < -0.3 is 10.6 Å². The standard InChI is InChI=1S/C16H19ClN4/c1-3-18-13-9-14(21-16(20-13)11-7-8-11)19-15-10(2)5-4-6-12(15)17/h4-6,9,11H,3,7-8H2,1-2H3,(H2,18,19,20,21). The van der Waals surface area contributed by atoms with Gasteiger partial charge in [0.05, 0.1) is 10.7 Å². The van der Waals surface area contributed by atoms with Crippen LogP contribution < -0.4 is 10.6 Å². The van der Waals surface area contributed by atoms with Gasteiger partial charge in [-0.3, -0.25) is 0 Å². The van der Waals surface area contributed by atoms with Crippen LogP contribution in [0.2, 0.25) is 5.02 Å². The Morgan fingerprint density at radius 1 is 1.24 bits per heavy atom. The second kappa shape index (κ2) is 5.90. The van der Waals surface area contributed by atoms with Crippen LogP contribution in [0.1, 0.15) is 37.1 Å². The maximum Gasteiger partial charge on any atom is 0.136 e. The van der Waals surface area contributed by atoms with E-state index >= 15 is 0 Å². The number of nitrogens with zero attached hydrogens (tertiary/aromatic N) is 2. The van der Waals surface area contributed by atoms with Gasteiger partial charge in [0.15, 0.2) is 0 Å². The smallest absolute Gasteiger partial charge is 0.136 e. The van der Waals surface area contributed by atoms with E-state index in [0.29, 0.717) is 10.9 Å². The molecule has 1 aromatic heterocycles. The fourth-order valence-electron chi connectivity index (χ4n) is 2.24. The molecule has 0 amide bonds. The van der Waals surface area contributed by atoms with E-state index in [1.807, 2.05) is 31.2 Å². The maximum absolute atomic E-state index is 6.27. The maximum atomic E-state index is 6.27. The Labute approximate surface area is 130 Å². The van der Waals surface area contributed by atoms with Gasteiger partial charge in [-0.25, -0.2) is 9.97 Å². The van der Waals surface area contributed by atoms with E-state index in [0.717, 1.165) is 35.3 Å². The lowest BCUT2D eigenvalue weighted by Crippen LogP contribution is -2.06. The number of rotatable bonds is 5. The number of benzene rings is 1. The van der Waals surface area contributed by atoms with Crippen LogP contribution in [0.3, 0.4) is 0 Å². The van der Waals surface area contributed by atoms with E-state index in [1.54, 1.807) is 0 Å². The van der Waals surface area contributed by atoms with Crippen molar-refractivity contribution in [2.45, 2.75) is 32.6 Å². The fraction of sp³-hybridized carbons (Fsp3) is 0.375. The van der Waals surface area contributed by atoms with Gasteiger partial charge in [0.25, 0.3) is 0 Å². The number of aryl methyl sites for hydroxylation is 1. The molecule has 4 nitrogen and oxygen atoms in total. The second-order valence-corrected chi connectivity index (χ2v) is 5.77. The zero-order chi connectivity index (χ0) is 14.8. The first-order valence-electron chi connectivity index (χ1n) is 7.32. The van der Waals surface area contributed by atoms with E-state index in [4.69, 9.17) is 11.6 Å². The molecule has 2 N–H and O–H groups in total. The van der Waals surface area contributed by atoms with Crippen LogP contribution in [0.15, 0.2) is 24.3 Å².